The van der Waals surface area contributed by atoms with Gasteiger partial charge in [-0.1, -0.05) is 18.2 Å². The Labute approximate surface area is 131 Å². The molecular weight excluding hydrogens is 278 g/mol. The van der Waals surface area contributed by atoms with E-state index in [-0.39, 0.29) is 5.91 Å². The first kappa shape index (κ1) is 15.9. The average molecular weight is 299 g/mol. The summed E-state index contributed by atoms with van der Waals surface area (Å²) in [6.45, 7) is 2.60. The number of carbonyl (C=O) groups is 1. The minimum Gasteiger partial charge on any atom is -0.497 e. The second-order valence-corrected chi connectivity index (χ2v) is 5.04. The van der Waals surface area contributed by atoms with E-state index in [1.165, 1.54) is 5.56 Å². The van der Waals surface area contributed by atoms with E-state index in [0.29, 0.717) is 17.9 Å². The highest BCUT2D eigenvalue weighted by molar-refractivity contribution is 5.94. The largest absolute Gasteiger partial charge is 0.497 e. The summed E-state index contributed by atoms with van der Waals surface area (Å²) in [6.07, 6.45) is 0.778. The fourth-order valence-electron chi connectivity index (χ4n) is 2.28. The minimum absolute atomic E-state index is 0.0934. The van der Waals surface area contributed by atoms with Crippen LogP contribution in [-0.2, 0) is 6.42 Å². The topological polar surface area (TPSA) is 47.6 Å². The molecule has 0 saturated heterocycles. The average Bonchev–Trinajstić information content (AvgIpc) is 2.55. The highest BCUT2D eigenvalue weighted by atomic mass is 16.5. The molecule has 0 radical (unpaired) electrons. The van der Waals surface area contributed by atoms with Crippen molar-refractivity contribution in [2.45, 2.75) is 13.3 Å². The van der Waals surface area contributed by atoms with Crippen molar-refractivity contribution in [1.82, 2.24) is 5.32 Å². The fourth-order valence-corrected chi connectivity index (χ4v) is 2.28. The van der Waals surface area contributed by atoms with Crippen LogP contribution in [0.3, 0.4) is 0 Å². The van der Waals surface area contributed by atoms with E-state index < -0.39 is 0 Å². The lowest BCUT2D eigenvalue weighted by Gasteiger charge is -2.09. The third-order valence-corrected chi connectivity index (χ3v) is 3.49. The molecule has 0 aliphatic carbocycles. The van der Waals surface area contributed by atoms with Gasteiger partial charge < -0.3 is 14.8 Å². The molecule has 0 aliphatic heterocycles. The zero-order chi connectivity index (χ0) is 15.9. The Balaban J connectivity index is 1.90. The first-order chi connectivity index (χ1) is 10.6. The number of carbonyl (C=O) groups excluding carboxylic acids is 1. The second kappa shape index (κ2) is 7.50. The number of benzene rings is 2. The van der Waals surface area contributed by atoms with Crippen molar-refractivity contribution in [1.29, 1.82) is 0 Å². The van der Waals surface area contributed by atoms with E-state index in [0.717, 1.165) is 17.7 Å². The van der Waals surface area contributed by atoms with Gasteiger partial charge in [0.05, 0.1) is 14.2 Å². The summed E-state index contributed by atoms with van der Waals surface area (Å²) in [4.78, 5) is 12.1. The van der Waals surface area contributed by atoms with Gasteiger partial charge in [-0.15, -0.1) is 0 Å². The van der Waals surface area contributed by atoms with Gasteiger partial charge in [-0.25, -0.2) is 0 Å². The lowest BCUT2D eigenvalue weighted by atomic mass is 10.1. The summed E-state index contributed by atoms with van der Waals surface area (Å²) in [7, 11) is 3.25. The van der Waals surface area contributed by atoms with Gasteiger partial charge in [-0.2, -0.15) is 0 Å². The predicted molar refractivity (Wildman–Crippen MR) is 86.8 cm³/mol. The highest BCUT2D eigenvalue weighted by Crippen LogP contribution is 2.18. The van der Waals surface area contributed by atoms with Gasteiger partial charge in [-0.3, -0.25) is 4.79 Å². The number of methoxy groups -OCH3 is 2. The van der Waals surface area contributed by atoms with Gasteiger partial charge in [0.1, 0.15) is 11.5 Å². The summed E-state index contributed by atoms with van der Waals surface area (Å²) in [5, 5.41) is 2.92. The molecule has 2 aromatic rings. The maximum atomic E-state index is 12.1. The Bertz CT molecular complexity index is 653. The number of amides is 1. The van der Waals surface area contributed by atoms with E-state index in [2.05, 4.69) is 11.4 Å². The van der Waals surface area contributed by atoms with Crippen molar-refractivity contribution in [3.63, 3.8) is 0 Å². The Morgan fingerprint density at radius 3 is 2.59 bits per heavy atom. The van der Waals surface area contributed by atoms with Crippen LogP contribution in [0.15, 0.2) is 42.5 Å². The number of hydrogen-bond acceptors (Lipinski definition) is 3. The van der Waals surface area contributed by atoms with Crippen LogP contribution in [-0.4, -0.2) is 26.7 Å². The summed E-state index contributed by atoms with van der Waals surface area (Å²) < 4.78 is 10.4. The molecule has 1 N–H and O–H groups in total. The van der Waals surface area contributed by atoms with E-state index in [1.807, 2.05) is 25.1 Å². The summed E-state index contributed by atoms with van der Waals surface area (Å²) in [5.74, 6) is 1.46. The Morgan fingerprint density at radius 2 is 1.91 bits per heavy atom. The molecule has 2 aromatic carbocycles. The highest BCUT2D eigenvalue weighted by Gasteiger charge is 2.06. The third kappa shape index (κ3) is 4.01. The maximum Gasteiger partial charge on any atom is 0.251 e. The number of nitrogens with one attached hydrogen (secondary N) is 1. The molecular formula is C18H21NO3. The molecule has 0 atom stereocenters. The normalized spacial score (nSPS) is 10.1. The number of ether oxygens (including phenoxy) is 2. The molecule has 1 amide bonds. The van der Waals surface area contributed by atoms with Gasteiger partial charge in [0.2, 0.25) is 0 Å². The van der Waals surface area contributed by atoms with Crippen LogP contribution in [0, 0.1) is 6.92 Å². The first-order valence-electron chi connectivity index (χ1n) is 7.20. The van der Waals surface area contributed by atoms with E-state index in [4.69, 9.17) is 9.47 Å². The number of hydrogen-bond donors (Lipinski definition) is 1. The molecule has 22 heavy (non-hydrogen) atoms. The van der Waals surface area contributed by atoms with Gasteiger partial charge in [-0.05, 0) is 48.7 Å². The van der Waals surface area contributed by atoms with Crippen LogP contribution in [0.2, 0.25) is 0 Å². The van der Waals surface area contributed by atoms with Crippen LogP contribution in [0.4, 0.5) is 0 Å². The molecule has 0 saturated carbocycles. The smallest absolute Gasteiger partial charge is 0.251 e. The monoisotopic (exact) mass is 299 g/mol. The zero-order valence-electron chi connectivity index (χ0n) is 13.2. The Hall–Kier alpha value is -2.49. The lowest BCUT2D eigenvalue weighted by molar-refractivity contribution is 0.0954. The predicted octanol–water partition coefficient (Wildman–Crippen LogP) is 2.98. The lowest BCUT2D eigenvalue weighted by Crippen LogP contribution is -2.25. The molecule has 0 bridgehead atoms. The van der Waals surface area contributed by atoms with Crippen LogP contribution in [0.1, 0.15) is 21.5 Å². The van der Waals surface area contributed by atoms with Crippen molar-refractivity contribution < 1.29 is 14.3 Å². The maximum absolute atomic E-state index is 12.1. The zero-order valence-corrected chi connectivity index (χ0v) is 13.2. The van der Waals surface area contributed by atoms with Crippen molar-refractivity contribution in [2.75, 3.05) is 20.8 Å². The molecule has 0 aliphatic rings. The molecule has 2 rings (SSSR count). The van der Waals surface area contributed by atoms with Crippen molar-refractivity contribution in [2.24, 2.45) is 0 Å². The van der Waals surface area contributed by atoms with Crippen LogP contribution in [0.25, 0.3) is 0 Å². The molecule has 4 heteroatoms. The molecule has 0 fully saturated rings. The Kier molecular flexibility index (Phi) is 5.42. The van der Waals surface area contributed by atoms with Gasteiger partial charge in [0, 0.05) is 12.1 Å². The number of aryl methyl sites for hydroxylation is 1. The van der Waals surface area contributed by atoms with E-state index in [1.54, 1.807) is 32.4 Å². The molecule has 0 aromatic heterocycles. The van der Waals surface area contributed by atoms with Gasteiger partial charge in [0.25, 0.3) is 5.91 Å². The van der Waals surface area contributed by atoms with Crippen molar-refractivity contribution in [3.8, 4) is 11.5 Å². The molecule has 0 unspecified atom stereocenters. The van der Waals surface area contributed by atoms with E-state index >= 15 is 0 Å². The standard InChI is InChI=1S/C18H21NO3/c1-13-11-14(7-8-17(13)22-3)9-10-19-18(20)15-5-4-6-16(12-15)21-2/h4-8,11-12H,9-10H2,1-3H3,(H,19,20). The van der Waals surface area contributed by atoms with Crippen LogP contribution in [0.5, 0.6) is 11.5 Å². The molecule has 116 valence electrons. The van der Waals surface area contributed by atoms with Crippen molar-refractivity contribution >= 4 is 5.91 Å². The third-order valence-electron chi connectivity index (χ3n) is 3.49. The fraction of sp³-hybridized carbons (Fsp3) is 0.278. The summed E-state index contributed by atoms with van der Waals surface area (Å²) in [6, 6.07) is 13.2. The summed E-state index contributed by atoms with van der Waals surface area (Å²) >= 11 is 0. The molecule has 4 nitrogen and oxygen atoms in total. The van der Waals surface area contributed by atoms with Crippen LogP contribution < -0.4 is 14.8 Å². The van der Waals surface area contributed by atoms with Crippen molar-refractivity contribution in [3.05, 3.63) is 59.2 Å². The van der Waals surface area contributed by atoms with E-state index in [9.17, 15) is 4.79 Å². The first-order valence-corrected chi connectivity index (χ1v) is 7.20. The van der Waals surface area contributed by atoms with Gasteiger partial charge >= 0.3 is 0 Å². The van der Waals surface area contributed by atoms with Crippen LogP contribution >= 0.6 is 0 Å². The quantitative estimate of drug-likeness (QED) is 0.892. The SMILES string of the molecule is COc1cccc(C(=O)NCCc2ccc(OC)c(C)c2)c1. The van der Waals surface area contributed by atoms with Gasteiger partial charge in [0.15, 0.2) is 0 Å². The minimum atomic E-state index is -0.0934. The molecule has 0 heterocycles. The molecule has 0 spiro atoms. The second-order valence-electron chi connectivity index (χ2n) is 5.04. The summed E-state index contributed by atoms with van der Waals surface area (Å²) in [5.41, 5.74) is 2.87. The number of rotatable bonds is 6. The Morgan fingerprint density at radius 1 is 1.09 bits per heavy atom.